The van der Waals surface area contributed by atoms with E-state index in [1.165, 1.54) is 17.6 Å². The van der Waals surface area contributed by atoms with Gasteiger partial charge >= 0.3 is 0 Å². The van der Waals surface area contributed by atoms with Crippen LogP contribution in [0.2, 0.25) is 5.02 Å². The molecule has 1 fully saturated rings. The molecule has 1 aliphatic heterocycles. The van der Waals surface area contributed by atoms with Crippen LogP contribution >= 0.6 is 22.9 Å². The largest absolute Gasteiger partial charge is 0.377 e. The van der Waals surface area contributed by atoms with Gasteiger partial charge in [0, 0.05) is 22.7 Å². The summed E-state index contributed by atoms with van der Waals surface area (Å²) in [6.07, 6.45) is 0.643. The summed E-state index contributed by atoms with van der Waals surface area (Å²) in [6, 6.07) is 5.91. The van der Waals surface area contributed by atoms with Crippen molar-refractivity contribution in [1.29, 1.82) is 0 Å². The number of nitrogens with one attached hydrogen (secondary N) is 1. The van der Waals surface area contributed by atoms with Crippen LogP contribution in [0.3, 0.4) is 0 Å². The van der Waals surface area contributed by atoms with Crippen LogP contribution in [0.15, 0.2) is 51.1 Å². The van der Waals surface area contributed by atoms with Gasteiger partial charge in [0.1, 0.15) is 16.5 Å². The summed E-state index contributed by atoms with van der Waals surface area (Å²) in [5.74, 6) is -1.48. The molecule has 0 unspecified atom stereocenters. The van der Waals surface area contributed by atoms with Gasteiger partial charge in [-0.25, -0.2) is 22.2 Å². The van der Waals surface area contributed by atoms with Gasteiger partial charge < -0.3 is 14.8 Å². The molecule has 1 aromatic heterocycles. The molecule has 188 valence electrons. The van der Waals surface area contributed by atoms with Crippen LogP contribution in [0.5, 0.6) is 0 Å². The highest BCUT2D eigenvalue weighted by atomic mass is 35.5. The van der Waals surface area contributed by atoms with Crippen molar-refractivity contribution in [3.8, 4) is 0 Å². The van der Waals surface area contributed by atoms with E-state index in [1.807, 2.05) is 27.7 Å². The number of aromatic nitrogens is 1. The van der Waals surface area contributed by atoms with Gasteiger partial charge in [-0.3, -0.25) is 0 Å². The van der Waals surface area contributed by atoms with Crippen molar-refractivity contribution >= 4 is 38.5 Å². The summed E-state index contributed by atoms with van der Waals surface area (Å²) < 4.78 is 66.8. The molecule has 1 atom stereocenters. The van der Waals surface area contributed by atoms with Gasteiger partial charge in [-0.2, -0.15) is 0 Å². The molecule has 1 aliphatic rings. The van der Waals surface area contributed by atoms with Gasteiger partial charge in [0.15, 0.2) is 6.29 Å². The minimum Gasteiger partial charge on any atom is -0.377 e. The van der Waals surface area contributed by atoms with Crippen molar-refractivity contribution in [2.45, 2.75) is 67.4 Å². The average molecular weight is 543 g/mol. The Kier molecular flexibility index (Phi) is 6.74. The first-order chi connectivity index (χ1) is 16.2. The number of halogens is 3. The van der Waals surface area contributed by atoms with Crippen LogP contribution in [-0.2, 0) is 19.3 Å². The summed E-state index contributed by atoms with van der Waals surface area (Å²) in [5.41, 5.74) is -0.0665. The van der Waals surface area contributed by atoms with Crippen LogP contribution in [0.4, 0.5) is 14.5 Å². The Morgan fingerprint density at radius 2 is 1.74 bits per heavy atom. The predicted octanol–water partition coefficient (Wildman–Crippen LogP) is 6.68. The van der Waals surface area contributed by atoms with Gasteiger partial charge in [-0.1, -0.05) is 17.7 Å². The Balaban J connectivity index is 1.60. The summed E-state index contributed by atoms with van der Waals surface area (Å²) >= 11 is 7.17. The van der Waals surface area contributed by atoms with Crippen LogP contribution in [-0.4, -0.2) is 24.6 Å². The molecular weight excluding hydrogens is 518 g/mol. The standard InChI is InChI=1S/C24H25ClF2N2O4S2/c1-13(15-10-14(6-7-17(15)26)21-32-23(2,3)24(4,5)33-21)29-19-12-18(27)20(11-16(19)25)35(30,31)22-28-8-9-34-22/h6-13,21,29H,1-5H3/t13-/m0/s1. The molecule has 0 spiro atoms. The Hall–Kier alpha value is -2.11. The van der Waals surface area contributed by atoms with Crippen molar-refractivity contribution in [2.75, 3.05) is 5.32 Å². The monoisotopic (exact) mass is 542 g/mol. The molecule has 11 heteroatoms. The number of ether oxygens (including phenoxy) is 2. The highest BCUT2D eigenvalue weighted by molar-refractivity contribution is 7.93. The number of benzene rings is 2. The maximum absolute atomic E-state index is 14.9. The molecular formula is C24H25ClF2N2O4S2. The highest BCUT2D eigenvalue weighted by Crippen LogP contribution is 2.45. The molecule has 1 saturated heterocycles. The average Bonchev–Trinajstić information content (AvgIpc) is 3.37. The first-order valence-electron chi connectivity index (χ1n) is 10.8. The zero-order valence-corrected chi connectivity index (χ0v) is 22.1. The first kappa shape index (κ1) is 26.0. The Labute approximate surface area is 212 Å². The molecule has 35 heavy (non-hydrogen) atoms. The summed E-state index contributed by atoms with van der Waals surface area (Å²) in [4.78, 5) is 3.18. The third-order valence-corrected chi connectivity index (χ3v) is 9.62. The van der Waals surface area contributed by atoms with Crippen molar-refractivity contribution in [2.24, 2.45) is 0 Å². The van der Waals surface area contributed by atoms with Gasteiger partial charge in [0.05, 0.1) is 28.0 Å². The molecule has 0 amide bonds. The lowest BCUT2D eigenvalue weighted by atomic mass is 9.90. The second-order valence-electron chi connectivity index (χ2n) is 9.30. The zero-order valence-electron chi connectivity index (χ0n) is 19.7. The number of rotatable bonds is 6. The first-order valence-corrected chi connectivity index (χ1v) is 13.5. The number of thiazole rings is 1. The minimum atomic E-state index is -4.15. The third kappa shape index (κ3) is 4.82. The summed E-state index contributed by atoms with van der Waals surface area (Å²) in [7, 11) is -4.15. The van der Waals surface area contributed by atoms with Crippen LogP contribution in [0.25, 0.3) is 0 Å². The number of anilines is 1. The number of nitrogens with zero attached hydrogens (tertiary/aromatic N) is 1. The Bertz CT molecular complexity index is 1350. The van der Waals surface area contributed by atoms with E-state index in [-0.39, 0.29) is 20.6 Å². The van der Waals surface area contributed by atoms with E-state index in [1.54, 1.807) is 19.1 Å². The van der Waals surface area contributed by atoms with Crippen molar-refractivity contribution in [3.05, 3.63) is 69.7 Å². The van der Waals surface area contributed by atoms with E-state index < -0.39 is 49.9 Å². The van der Waals surface area contributed by atoms with Crippen LogP contribution in [0.1, 0.15) is 58.1 Å². The van der Waals surface area contributed by atoms with Gasteiger partial charge in [-0.05, 0) is 58.9 Å². The van der Waals surface area contributed by atoms with E-state index in [4.69, 9.17) is 21.1 Å². The molecule has 4 rings (SSSR count). The topological polar surface area (TPSA) is 77.5 Å². The van der Waals surface area contributed by atoms with E-state index >= 15 is 0 Å². The molecule has 2 heterocycles. The predicted molar refractivity (Wildman–Crippen MR) is 130 cm³/mol. The second-order valence-corrected chi connectivity index (χ2v) is 12.7. The number of hydrogen-bond donors (Lipinski definition) is 1. The fraction of sp³-hybridized carbons (Fsp3) is 0.375. The smallest absolute Gasteiger partial charge is 0.236 e. The maximum Gasteiger partial charge on any atom is 0.236 e. The normalized spacial score (nSPS) is 18.5. The van der Waals surface area contributed by atoms with E-state index in [9.17, 15) is 17.2 Å². The quantitative estimate of drug-likeness (QED) is 0.374. The van der Waals surface area contributed by atoms with Crippen molar-refractivity contribution < 1.29 is 26.7 Å². The molecule has 0 aliphatic carbocycles. The van der Waals surface area contributed by atoms with Crippen LogP contribution < -0.4 is 5.32 Å². The lowest BCUT2D eigenvalue weighted by Gasteiger charge is -2.30. The van der Waals surface area contributed by atoms with Gasteiger partial charge in [0.2, 0.25) is 14.2 Å². The van der Waals surface area contributed by atoms with Crippen LogP contribution in [0, 0.1) is 11.6 Å². The maximum atomic E-state index is 14.9. The fourth-order valence-electron chi connectivity index (χ4n) is 3.61. The lowest BCUT2D eigenvalue weighted by molar-refractivity contribution is -0.0896. The summed E-state index contributed by atoms with van der Waals surface area (Å²) in [5, 5.41) is 4.42. The second kappa shape index (κ2) is 9.08. The fourth-order valence-corrected chi connectivity index (χ4v) is 6.17. The zero-order chi connectivity index (χ0) is 25.8. The molecule has 0 radical (unpaired) electrons. The molecule has 0 saturated carbocycles. The molecule has 1 N–H and O–H groups in total. The SMILES string of the molecule is C[C@H](Nc1cc(F)c(S(=O)(=O)c2nccs2)cc1Cl)c1cc(C2OC(C)(C)C(C)(C)O2)ccc1F. The third-order valence-electron chi connectivity index (χ3n) is 6.33. The van der Waals surface area contributed by atoms with E-state index in [0.717, 1.165) is 23.5 Å². The van der Waals surface area contributed by atoms with E-state index in [2.05, 4.69) is 10.3 Å². The molecule has 3 aromatic rings. The highest BCUT2D eigenvalue weighted by Gasteiger charge is 2.49. The Morgan fingerprint density at radius 1 is 1.09 bits per heavy atom. The van der Waals surface area contributed by atoms with Crippen molar-refractivity contribution in [1.82, 2.24) is 4.98 Å². The van der Waals surface area contributed by atoms with Gasteiger partial charge in [-0.15, -0.1) is 11.3 Å². The van der Waals surface area contributed by atoms with E-state index in [0.29, 0.717) is 5.56 Å². The Morgan fingerprint density at radius 3 is 2.34 bits per heavy atom. The number of sulfone groups is 1. The molecule has 6 nitrogen and oxygen atoms in total. The lowest BCUT2D eigenvalue weighted by Crippen LogP contribution is -2.41. The number of hydrogen-bond acceptors (Lipinski definition) is 7. The molecule has 2 aromatic carbocycles. The summed E-state index contributed by atoms with van der Waals surface area (Å²) in [6.45, 7) is 9.39. The minimum absolute atomic E-state index is 0.0316. The van der Waals surface area contributed by atoms with Crippen molar-refractivity contribution in [3.63, 3.8) is 0 Å². The van der Waals surface area contributed by atoms with Gasteiger partial charge in [0.25, 0.3) is 0 Å². The molecule has 0 bridgehead atoms.